The first kappa shape index (κ1) is 15.4. The van der Waals surface area contributed by atoms with E-state index >= 15 is 0 Å². The summed E-state index contributed by atoms with van der Waals surface area (Å²) >= 11 is 5.82. The van der Waals surface area contributed by atoms with Gasteiger partial charge in [0.25, 0.3) is 0 Å². The van der Waals surface area contributed by atoms with Gasteiger partial charge < -0.3 is 15.4 Å². The van der Waals surface area contributed by atoms with Crippen molar-refractivity contribution in [1.29, 1.82) is 0 Å². The fourth-order valence-electron chi connectivity index (χ4n) is 1.83. The minimum atomic E-state index is -0.0998. The summed E-state index contributed by atoms with van der Waals surface area (Å²) in [5.74, 6) is 0.610. The highest BCUT2D eigenvalue weighted by Gasteiger charge is 2.03. The molecule has 2 N–H and O–H groups in total. The van der Waals surface area contributed by atoms with Crippen LogP contribution in [-0.4, -0.2) is 19.6 Å². The van der Waals surface area contributed by atoms with Gasteiger partial charge in [-0.3, -0.25) is 4.79 Å². The van der Waals surface area contributed by atoms with E-state index in [4.69, 9.17) is 16.3 Å². The number of methoxy groups -OCH3 is 1. The molecule has 0 aliphatic carbocycles. The van der Waals surface area contributed by atoms with Gasteiger partial charge in [-0.1, -0.05) is 29.8 Å². The summed E-state index contributed by atoms with van der Waals surface area (Å²) in [5.41, 5.74) is 1.79. The van der Waals surface area contributed by atoms with E-state index in [1.165, 1.54) is 0 Å². The molecule has 0 unspecified atom stereocenters. The number of amides is 1. The molecule has 0 aliphatic rings. The fraction of sp³-hybridized carbons (Fsp3) is 0.188. The summed E-state index contributed by atoms with van der Waals surface area (Å²) in [7, 11) is 1.59. The first-order valence-corrected chi connectivity index (χ1v) is 6.94. The minimum absolute atomic E-state index is 0.0998. The number of hydrogen-bond acceptors (Lipinski definition) is 3. The van der Waals surface area contributed by atoms with Crippen LogP contribution in [0.5, 0.6) is 5.75 Å². The minimum Gasteiger partial charge on any atom is -0.497 e. The van der Waals surface area contributed by atoms with Crippen molar-refractivity contribution in [3.63, 3.8) is 0 Å². The van der Waals surface area contributed by atoms with Crippen molar-refractivity contribution >= 4 is 23.2 Å². The molecule has 0 fully saturated rings. The molecule has 0 aliphatic heterocycles. The topological polar surface area (TPSA) is 50.4 Å². The first-order chi connectivity index (χ1) is 10.2. The number of benzene rings is 2. The van der Waals surface area contributed by atoms with Gasteiger partial charge in [-0.05, 0) is 29.8 Å². The number of halogens is 1. The van der Waals surface area contributed by atoms with Crippen LogP contribution in [0.4, 0.5) is 5.69 Å². The number of rotatable bonds is 6. The Kier molecular flexibility index (Phi) is 5.60. The second-order valence-corrected chi connectivity index (χ2v) is 4.95. The molecule has 5 heteroatoms. The molecule has 0 spiro atoms. The molecule has 0 bridgehead atoms. The highest BCUT2D eigenvalue weighted by atomic mass is 35.5. The Bertz CT molecular complexity index is 599. The molecule has 2 rings (SSSR count). The lowest BCUT2D eigenvalue weighted by Gasteiger charge is -2.08. The molecule has 1 amide bonds. The Hall–Kier alpha value is -2.04. The quantitative estimate of drug-likeness (QED) is 0.862. The molecule has 21 heavy (non-hydrogen) atoms. The van der Waals surface area contributed by atoms with Gasteiger partial charge >= 0.3 is 0 Å². The molecule has 0 aromatic heterocycles. The Morgan fingerprint density at radius 3 is 2.67 bits per heavy atom. The number of anilines is 1. The lowest BCUT2D eigenvalue weighted by atomic mass is 10.2. The molecule has 0 atom stereocenters. The largest absolute Gasteiger partial charge is 0.497 e. The van der Waals surface area contributed by atoms with E-state index in [-0.39, 0.29) is 12.5 Å². The lowest BCUT2D eigenvalue weighted by Crippen LogP contribution is -2.27. The van der Waals surface area contributed by atoms with E-state index in [0.29, 0.717) is 23.0 Å². The van der Waals surface area contributed by atoms with Crippen LogP contribution in [0.3, 0.4) is 0 Å². The Morgan fingerprint density at radius 2 is 1.95 bits per heavy atom. The number of carbonyl (C=O) groups excluding carboxylic acids is 1. The maximum absolute atomic E-state index is 11.8. The summed E-state index contributed by atoms with van der Waals surface area (Å²) in [5, 5.41) is 6.60. The zero-order valence-electron chi connectivity index (χ0n) is 11.7. The van der Waals surface area contributed by atoms with Crippen molar-refractivity contribution in [2.75, 3.05) is 19.0 Å². The number of nitrogens with one attached hydrogen (secondary N) is 2. The third-order valence-corrected chi connectivity index (χ3v) is 3.13. The molecule has 0 saturated carbocycles. The standard InChI is InChI=1S/C16H17ClN2O2/c1-21-15-4-2-3-14(9-15)19-16(20)11-18-10-12-5-7-13(17)8-6-12/h2-9,18H,10-11H2,1H3,(H,19,20). The molecule has 2 aromatic rings. The normalized spacial score (nSPS) is 10.2. The average molecular weight is 305 g/mol. The molecule has 0 radical (unpaired) electrons. The number of ether oxygens (including phenoxy) is 1. The predicted octanol–water partition coefficient (Wildman–Crippen LogP) is 3.08. The second-order valence-electron chi connectivity index (χ2n) is 4.51. The molecule has 0 saturated heterocycles. The Morgan fingerprint density at radius 1 is 1.19 bits per heavy atom. The van der Waals surface area contributed by atoms with Crippen molar-refractivity contribution in [2.24, 2.45) is 0 Å². The van der Waals surface area contributed by atoms with E-state index in [1.54, 1.807) is 13.2 Å². The molecule has 110 valence electrons. The van der Waals surface area contributed by atoms with Crippen LogP contribution >= 0.6 is 11.6 Å². The Labute approximate surface area is 129 Å². The van der Waals surface area contributed by atoms with Crippen LogP contribution in [0.1, 0.15) is 5.56 Å². The van der Waals surface area contributed by atoms with Crippen LogP contribution in [-0.2, 0) is 11.3 Å². The predicted molar refractivity (Wildman–Crippen MR) is 84.8 cm³/mol. The maximum atomic E-state index is 11.8. The van der Waals surface area contributed by atoms with Gasteiger partial charge in [0, 0.05) is 23.3 Å². The Balaban J connectivity index is 1.78. The highest BCUT2D eigenvalue weighted by Crippen LogP contribution is 2.16. The fourth-order valence-corrected chi connectivity index (χ4v) is 1.95. The van der Waals surface area contributed by atoms with Crippen molar-refractivity contribution in [3.8, 4) is 5.75 Å². The second kappa shape index (κ2) is 7.67. The molecule has 0 heterocycles. The van der Waals surface area contributed by atoms with Crippen LogP contribution in [0.25, 0.3) is 0 Å². The van der Waals surface area contributed by atoms with Crippen LogP contribution in [0.15, 0.2) is 48.5 Å². The van der Waals surface area contributed by atoms with E-state index in [1.807, 2.05) is 42.5 Å². The highest BCUT2D eigenvalue weighted by molar-refractivity contribution is 6.30. The van der Waals surface area contributed by atoms with Crippen molar-refractivity contribution in [1.82, 2.24) is 5.32 Å². The van der Waals surface area contributed by atoms with Crippen LogP contribution in [0, 0.1) is 0 Å². The zero-order chi connectivity index (χ0) is 15.1. The third-order valence-electron chi connectivity index (χ3n) is 2.88. The van der Waals surface area contributed by atoms with E-state index in [2.05, 4.69) is 10.6 Å². The summed E-state index contributed by atoms with van der Waals surface area (Å²) in [4.78, 5) is 11.8. The maximum Gasteiger partial charge on any atom is 0.238 e. The summed E-state index contributed by atoms with van der Waals surface area (Å²) < 4.78 is 5.11. The molecule has 2 aromatic carbocycles. The first-order valence-electron chi connectivity index (χ1n) is 6.56. The SMILES string of the molecule is COc1cccc(NC(=O)CNCc2ccc(Cl)cc2)c1. The lowest BCUT2D eigenvalue weighted by molar-refractivity contribution is -0.115. The van der Waals surface area contributed by atoms with Crippen LogP contribution in [0.2, 0.25) is 5.02 Å². The van der Waals surface area contributed by atoms with Crippen molar-refractivity contribution in [3.05, 3.63) is 59.1 Å². The molecule has 4 nitrogen and oxygen atoms in total. The van der Waals surface area contributed by atoms with E-state index in [0.717, 1.165) is 5.56 Å². The summed E-state index contributed by atoms with van der Waals surface area (Å²) in [6, 6.07) is 14.8. The van der Waals surface area contributed by atoms with Gasteiger partial charge in [-0.2, -0.15) is 0 Å². The third kappa shape index (κ3) is 5.10. The summed E-state index contributed by atoms with van der Waals surface area (Å²) in [6.45, 7) is 0.850. The monoisotopic (exact) mass is 304 g/mol. The van der Waals surface area contributed by atoms with Gasteiger partial charge in [-0.15, -0.1) is 0 Å². The number of hydrogen-bond donors (Lipinski definition) is 2. The van der Waals surface area contributed by atoms with Gasteiger partial charge in [-0.25, -0.2) is 0 Å². The van der Waals surface area contributed by atoms with Gasteiger partial charge in [0.15, 0.2) is 0 Å². The van der Waals surface area contributed by atoms with Gasteiger partial charge in [0.2, 0.25) is 5.91 Å². The zero-order valence-corrected chi connectivity index (χ0v) is 12.5. The van der Waals surface area contributed by atoms with Crippen LogP contribution < -0.4 is 15.4 Å². The number of carbonyl (C=O) groups is 1. The average Bonchev–Trinajstić information content (AvgIpc) is 2.49. The van der Waals surface area contributed by atoms with Crippen molar-refractivity contribution in [2.45, 2.75) is 6.54 Å². The van der Waals surface area contributed by atoms with Crippen molar-refractivity contribution < 1.29 is 9.53 Å². The smallest absolute Gasteiger partial charge is 0.238 e. The van der Waals surface area contributed by atoms with Gasteiger partial charge in [0.1, 0.15) is 5.75 Å². The van der Waals surface area contributed by atoms with Gasteiger partial charge in [0.05, 0.1) is 13.7 Å². The molecular weight excluding hydrogens is 288 g/mol. The van der Waals surface area contributed by atoms with E-state index < -0.39 is 0 Å². The van der Waals surface area contributed by atoms with E-state index in [9.17, 15) is 4.79 Å². The molecular formula is C16H17ClN2O2. The summed E-state index contributed by atoms with van der Waals surface area (Å²) in [6.07, 6.45) is 0.